The van der Waals surface area contributed by atoms with Gasteiger partial charge in [0.1, 0.15) is 11.4 Å². The van der Waals surface area contributed by atoms with E-state index >= 15 is 0 Å². The second kappa shape index (κ2) is 5.60. The molecule has 0 saturated carbocycles. The Hall–Kier alpha value is -2.24. The maximum atomic E-state index is 10.4. The van der Waals surface area contributed by atoms with Gasteiger partial charge >= 0.3 is 0 Å². The fraction of sp³-hybridized carbons (Fsp3) is 0.176. The smallest absolute Gasteiger partial charge is 0.148 e. The molecule has 2 aromatic rings. The van der Waals surface area contributed by atoms with Crippen LogP contribution in [-0.2, 0) is 5.60 Å². The van der Waals surface area contributed by atoms with Crippen molar-refractivity contribution in [2.75, 3.05) is 7.11 Å². The molecule has 0 heterocycles. The Labute approximate surface area is 113 Å². The van der Waals surface area contributed by atoms with Crippen molar-refractivity contribution in [3.63, 3.8) is 0 Å². The van der Waals surface area contributed by atoms with Crippen LogP contribution in [0.2, 0.25) is 0 Å². The van der Waals surface area contributed by atoms with Crippen molar-refractivity contribution in [1.82, 2.24) is 0 Å². The Kier molecular flexibility index (Phi) is 3.89. The van der Waals surface area contributed by atoms with Gasteiger partial charge in [-0.05, 0) is 36.8 Å². The first-order valence-electron chi connectivity index (χ1n) is 6.07. The predicted octanol–water partition coefficient (Wildman–Crippen LogP) is 2.95. The van der Waals surface area contributed by atoms with Gasteiger partial charge in [-0.2, -0.15) is 0 Å². The van der Waals surface area contributed by atoms with E-state index in [-0.39, 0.29) is 0 Å². The van der Waals surface area contributed by atoms with E-state index in [1.165, 1.54) is 0 Å². The molecule has 0 spiro atoms. The first kappa shape index (κ1) is 13.2. The molecule has 2 rings (SSSR count). The topological polar surface area (TPSA) is 29.5 Å². The summed E-state index contributed by atoms with van der Waals surface area (Å²) in [6.45, 7) is 1.69. The lowest BCUT2D eigenvalue weighted by atomic mass is 9.96. The van der Waals surface area contributed by atoms with Crippen LogP contribution in [0.25, 0.3) is 0 Å². The molecular weight excluding hydrogens is 236 g/mol. The summed E-state index contributed by atoms with van der Waals surface area (Å²) >= 11 is 0. The zero-order chi connectivity index (χ0) is 13.7. The number of rotatable bonds is 2. The molecule has 0 aliphatic heterocycles. The predicted molar refractivity (Wildman–Crippen MR) is 75.9 cm³/mol. The minimum Gasteiger partial charge on any atom is -0.497 e. The minimum atomic E-state index is -1.18. The summed E-state index contributed by atoms with van der Waals surface area (Å²) in [5, 5.41) is 10.4. The van der Waals surface area contributed by atoms with Crippen LogP contribution in [0.4, 0.5) is 0 Å². The molecule has 19 heavy (non-hydrogen) atoms. The van der Waals surface area contributed by atoms with E-state index in [0.717, 1.165) is 16.9 Å². The molecule has 0 aliphatic rings. The van der Waals surface area contributed by atoms with Crippen LogP contribution in [0.15, 0.2) is 54.6 Å². The van der Waals surface area contributed by atoms with Gasteiger partial charge in [-0.25, -0.2) is 0 Å². The van der Waals surface area contributed by atoms with Crippen molar-refractivity contribution in [3.8, 4) is 17.6 Å². The molecule has 0 saturated heterocycles. The van der Waals surface area contributed by atoms with Crippen molar-refractivity contribution in [3.05, 3.63) is 65.7 Å². The van der Waals surface area contributed by atoms with Gasteiger partial charge in [-0.1, -0.05) is 42.2 Å². The summed E-state index contributed by atoms with van der Waals surface area (Å²) in [7, 11) is 1.61. The van der Waals surface area contributed by atoms with Gasteiger partial charge in [0.2, 0.25) is 0 Å². The Bertz CT molecular complexity index is 587. The maximum absolute atomic E-state index is 10.4. The molecule has 96 valence electrons. The largest absolute Gasteiger partial charge is 0.497 e. The SMILES string of the molecule is COc1ccc([C@](C)(O)C#Cc2ccccc2)cc1. The Morgan fingerprint density at radius 1 is 1.00 bits per heavy atom. The molecule has 0 bridgehead atoms. The maximum Gasteiger partial charge on any atom is 0.148 e. The van der Waals surface area contributed by atoms with Crippen LogP contribution in [0.1, 0.15) is 18.1 Å². The van der Waals surface area contributed by atoms with Crippen LogP contribution in [-0.4, -0.2) is 12.2 Å². The highest BCUT2D eigenvalue weighted by atomic mass is 16.5. The summed E-state index contributed by atoms with van der Waals surface area (Å²) in [4.78, 5) is 0. The lowest BCUT2D eigenvalue weighted by molar-refractivity contribution is 0.122. The van der Waals surface area contributed by atoms with Gasteiger partial charge in [0.15, 0.2) is 0 Å². The van der Waals surface area contributed by atoms with E-state index < -0.39 is 5.60 Å². The third-order valence-corrected chi connectivity index (χ3v) is 2.88. The standard InChI is InChI=1S/C17H16O2/c1-17(18,13-12-14-6-4-3-5-7-14)15-8-10-16(19-2)11-9-15/h3-11,18H,1-2H3/t17-/m1/s1. The Morgan fingerprint density at radius 3 is 2.21 bits per heavy atom. The van der Waals surface area contributed by atoms with Gasteiger partial charge in [0.05, 0.1) is 7.11 Å². The summed E-state index contributed by atoms with van der Waals surface area (Å²) in [5.41, 5.74) is 0.454. The highest BCUT2D eigenvalue weighted by molar-refractivity contribution is 5.40. The molecule has 0 aliphatic carbocycles. The van der Waals surface area contributed by atoms with Crippen molar-refractivity contribution in [1.29, 1.82) is 0 Å². The molecule has 2 heteroatoms. The van der Waals surface area contributed by atoms with Crippen molar-refractivity contribution in [2.45, 2.75) is 12.5 Å². The summed E-state index contributed by atoms with van der Waals surface area (Å²) < 4.78 is 5.09. The van der Waals surface area contributed by atoms with Crippen LogP contribution in [0.3, 0.4) is 0 Å². The fourth-order valence-corrected chi connectivity index (χ4v) is 1.70. The highest BCUT2D eigenvalue weighted by Gasteiger charge is 2.19. The lowest BCUT2D eigenvalue weighted by Gasteiger charge is -2.17. The fourth-order valence-electron chi connectivity index (χ4n) is 1.70. The number of hydrogen-bond donors (Lipinski definition) is 1. The average Bonchev–Trinajstić information content (AvgIpc) is 2.46. The van der Waals surface area contributed by atoms with Crippen molar-refractivity contribution < 1.29 is 9.84 Å². The number of aliphatic hydroxyl groups is 1. The molecule has 1 N–H and O–H groups in total. The highest BCUT2D eigenvalue weighted by Crippen LogP contribution is 2.22. The zero-order valence-corrected chi connectivity index (χ0v) is 11.1. The number of hydrogen-bond acceptors (Lipinski definition) is 2. The van der Waals surface area contributed by atoms with E-state index in [0.29, 0.717) is 0 Å². The molecule has 0 amide bonds. The Balaban J connectivity index is 2.24. The zero-order valence-electron chi connectivity index (χ0n) is 11.1. The first-order valence-corrected chi connectivity index (χ1v) is 6.07. The van der Waals surface area contributed by atoms with Crippen LogP contribution >= 0.6 is 0 Å². The summed E-state index contributed by atoms with van der Waals surface area (Å²) in [5.74, 6) is 6.63. The first-order chi connectivity index (χ1) is 9.12. The molecule has 2 aromatic carbocycles. The lowest BCUT2D eigenvalue weighted by Crippen LogP contribution is -2.18. The van der Waals surface area contributed by atoms with Gasteiger partial charge in [-0.15, -0.1) is 0 Å². The van der Waals surface area contributed by atoms with Gasteiger partial charge < -0.3 is 9.84 Å². The van der Waals surface area contributed by atoms with E-state index in [9.17, 15) is 5.11 Å². The second-order valence-corrected chi connectivity index (χ2v) is 4.42. The number of ether oxygens (including phenoxy) is 1. The molecule has 0 fully saturated rings. The minimum absolute atomic E-state index is 0.747. The number of benzene rings is 2. The normalized spacial score (nSPS) is 13.0. The molecule has 0 radical (unpaired) electrons. The molecule has 1 atom stereocenters. The van der Waals surface area contributed by atoms with E-state index in [4.69, 9.17) is 4.74 Å². The van der Waals surface area contributed by atoms with Crippen LogP contribution < -0.4 is 4.74 Å². The molecular formula is C17H16O2. The third-order valence-electron chi connectivity index (χ3n) is 2.88. The van der Waals surface area contributed by atoms with Crippen LogP contribution in [0.5, 0.6) is 5.75 Å². The van der Waals surface area contributed by atoms with E-state index in [1.807, 2.05) is 54.6 Å². The van der Waals surface area contributed by atoms with E-state index in [2.05, 4.69) is 11.8 Å². The van der Waals surface area contributed by atoms with Gasteiger partial charge in [0, 0.05) is 5.56 Å². The molecule has 0 unspecified atom stereocenters. The summed E-state index contributed by atoms with van der Waals surface area (Å²) in [6.07, 6.45) is 0. The third kappa shape index (κ3) is 3.37. The van der Waals surface area contributed by atoms with Crippen molar-refractivity contribution >= 4 is 0 Å². The quantitative estimate of drug-likeness (QED) is 0.833. The van der Waals surface area contributed by atoms with Crippen LogP contribution in [0, 0.1) is 11.8 Å². The second-order valence-electron chi connectivity index (χ2n) is 4.42. The van der Waals surface area contributed by atoms with Gasteiger partial charge in [-0.3, -0.25) is 0 Å². The monoisotopic (exact) mass is 252 g/mol. The summed E-state index contributed by atoms with van der Waals surface area (Å²) in [6, 6.07) is 16.9. The van der Waals surface area contributed by atoms with E-state index in [1.54, 1.807) is 14.0 Å². The molecule has 0 aromatic heterocycles. The van der Waals surface area contributed by atoms with Crippen molar-refractivity contribution in [2.24, 2.45) is 0 Å². The van der Waals surface area contributed by atoms with Gasteiger partial charge in [0.25, 0.3) is 0 Å². The Morgan fingerprint density at radius 2 is 1.63 bits per heavy atom. The number of methoxy groups -OCH3 is 1. The average molecular weight is 252 g/mol. The molecule has 2 nitrogen and oxygen atoms in total.